The minimum absolute atomic E-state index is 0.0226. The molecule has 0 aromatic heterocycles. The second-order valence-electron chi connectivity index (χ2n) is 3.81. The lowest BCUT2D eigenvalue weighted by Gasteiger charge is -2.14. The van der Waals surface area contributed by atoms with E-state index in [1.165, 1.54) is 32.8 Å². The molecule has 1 saturated carbocycles. The average Bonchev–Trinajstić information content (AvgIpc) is 2.65. The fourth-order valence-corrected chi connectivity index (χ4v) is 1.76. The van der Waals surface area contributed by atoms with Gasteiger partial charge in [0, 0.05) is 12.6 Å². The van der Waals surface area contributed by atoms with Crippen molar-refractivity contribution in [1.29, 1.82) is 0 Å². The van der Waals surface area contributed by atoms with Crippen LogP contribution in [0.3, 0.4) is 0 Å². The smallest absolute Gasteiger partial charge is 0.309 e. The number of methoxy groups -OCH3 is 1. The van der Waals surface area contributed by atoms with Gasteiger partial charge in [-0.1, -0.05) is 19.8 Å². The predicted octanol–water partition coefficient (Wildman–Crippen LogP) is 1.33. The van der Waals surface area contributed by atoms with E-state index in [2.05, 4.69) is 10.1 Å². The molecule has 1 N–H and O–H groups in total. The molecule has 0 aromatic carbocycles. The fourth-order valence-electron chi connectivity index (χ4n) is 1.76. The highest BCUT2D eigenvalue weighted by Gasteiger charge is 2.18. The molecule has 0 bridgehead atoms. The maximum Gasteiger partial charge on any atom is 0.309 e. The van der Waals surface area contributed by atoms with Gasteiger partial charge in [-0.25, -0.2) is 0 Å². The summed E-state index contributed by atoms with van der Waals surface area (Å²) in [6.45, 7) is 2.64. The van der Waals surface area contributed by atoms with Gasteiger partial charge in [0.15, 0.2) is 0 Å². The number of nitrogens with one attached hydrogen (secondary N) is 1. The van der Waals surface area contributed by atoms with E-state index in [1.807, 2.05) is 6.92 Å². The van der Waals surface area contributed by atoms with Crippen LogP contribution in [-0.4, -0.2) is 25.7 Å². The summed E-state index contributed by atoms with van der Waals surface area (Å²) in [6.07, 6.45) is 5.16. The Labute approximate surface area is 79.8 Å². The molecule has 3 heteroatoms. The number of rotatable bonds is 4. The molecular formula is C10H19NO2. The summed E-state index contributed by atoms with van der Waals surface area (Å²) in [5, 5.41) is 3.40. The molecule has 76 valence electrons. The van der Waals surface area contributed by atoms with E-state index in [4.69, 9.17) is 0 Å². The number of carbonyl (C=O) groups excluding carboxylic acids is 1. The van der Waals surface area contributed by atoms with Gasteiger partial charge in [-0.15, -0.1) is 0 Å². The zero-order chi connectivity index (χ0) is 9.68. The van der Waals surface area contributed by atoms with Crippen LogP contribution in [0.1, 0.15) is 32.6 Å². The van der Waals surface area contributed by atoms with Crippen molar-refractivity contribution >= 4 is 5.97 Å². The standard InChI is InChI=1S/C10H19NO2/c1-8(10(12)13-2)7-11-9-5-3-4-6-9/h8-9,11H,3-7H2,1-2H3. The largest absolute Gasteiger partial charge is 0.469 e. The Balaban J connectivity index is 2.13. The van der Waals surface area contributed by atoms with Crippen molar-refractivity contribution < 1.29 is 9.53 Å². The molecule has 1 aliphatic rings. The van der Waals surface area contributed by atoms with Gasteiger partial charge in [-0.3, -0.25) is 4.79 Å². The molecule has 0 saturated heterocycles. The van der Waals surface area contributed by atoms with Crippen LogP contribution in [0, 0.1) is 5.92 Å². The van der Waals surface area contributed by atoms with Gasteiger partial charge in [0.05, 0.1) is 13.0 Å². The number of hydrogen-bond acceptors (Lipinski definition) is 3. The molecule has 0 aliphatic heterocycles. The molecule has 1 atom stereocenters. The predicted molar refractivity (Wildman–Crippen MR) is 51.4 cm³/mol. The van der Waals surface area contributed by atoms with Crippen LogP contribution in [-0.2, 0) is 9.53 Å². The first kappa shape index (κ1) is 10.5. The first-order chi connectivity index (χ1) is 6.24. The normalized spacial score (nSPS) is 20.2. The van der Waals surface area contributed by atoms with Crippen molar-refractivity contribution in [2.75, 3.05) is 13.7 Å². The van der Waals surface area contributed by atoms with Crippen LogP contribution in [0.15, 0.2) is 0 Å². The van der Waals surface area contributed by atoms with Crippen LogP contribution >= 0.6 is 0 Å². The Morgan fingerprint density at radius 1 is 1.54 bits per heavy atom. The van der Waals surface area contributed by atoms with Crippen molar-refractivity contribution in [3.63, 3.8) is 0 Å². The first-order valence-corrected chi connectivity index (χ1v) is 5.05. The average molecular weight is 185 g/mol. The Hall–Kier alpha value is -0.570. The zero-order valence-corrected chi connectivity index (χ0v) is 8.51. The van der Waals surface area contributed by atoms with Crippen molar-refractivity contribution in [3.8, 4) is 0 Å². The summed E-state index contributed by atoms with van der Waals surface area (Å²) in [7, 11) is 1.44. The number of esters is 1. The van der Waals surface area contributed by atoms with E-state index >= 15 is 0 Å². The lowest BCUT2D eigenvalue weighted by molar-refractivity contribution is -0.144. The summed E-state index contributed by atoms with van der Waals surface area (Å²) in [6, 6.07) is 0.632. The topological polar surface area (TPSA) is 38.3 Å². The second kappa shape index (κ2) is 5.22. The molecule has 0 heterocycles. The van der Waals surface area contributed by atoms with E-state index in [0.29, 0.717) is 6.04 Å². The third kappa shape index (κ3) is 3.35. The highest BCUT2D eigenvalue weighted by atomic mass is 16.5. The van der Waals surface area contributed by atoms with Crippen LogP contribution < -0.4 is 5.32 Å². The monoisotopic (exact) mass is 185 g/mol. The zero-order valence-electron chi connectivity index (χ0n) is 8.51. The van der Waals surface area contributed by atoms with E-state index in [1.54, 1.807) is 0 Å². The summed E-state index contributed by atoms with van der Waals surface area (Å²) in [4.78, 5) is 11.1. The number of ether oxygens (including phenoxy) is 1. The van der Waals surface area contributed by atoms with E-state index in [0.717, 1.165) is 6.54 Å². The number of carbonyl (C=O) groups is 1. The maximum absolute atomic E-state index is 11.1. The van der Waals surface area contributed by atoms with Crippen LogP contribution in [0.5, 0.6) is 0 Å². The van der Waals surface area contributed by atoms with Crippen molar-refractivity contribution in [1.82, 2.24) is 5.32 Å². The summed E-state index contributed by atoms with van der Waals surface area (Å²) in [5.41, 5.74) is 0. The lowest BCUT2D eigenvalue weighted by atomic mass is 10.1. The van der Waals surface area contributed by atoms with Gasteiger partial charge >= 0.3 is 5.97 Å². The highest BCUT2D eigenvalue weighted by Crippen LogP contribution is 2.17. The molecule has 0 aromatic rings. The van der Waals surface area contributed by atoms with Crippen molar-refractivity contribution in [2.24, 2.45) is 5.92 Å². The van der Waals surface area contributed by atoms with Crippen LogP contribution in [0.25, 0.3) is 0 Å². The fraction of sp³-hybridized carbons (Fsp3) is 0.900. The quantitative estimate of drug-likeness (QED) is 0.671. The molecule has 0 amide bonds. The van der Waals surface area contributed by atoms with E-state index in [9.17, 15) is 4.79 Å². The van der Waals surface area contributed by atoms with Gasteiger partial charge in [0.1, 0.15) is 0 Å². The highest BCUT2D eigenvalue weighted by molar-refractivity contribution is 5.72. The third-order valence-electron chi connectivity index (χ3n) is 2.67. The molecule has 1 aliphatic carbocycles. The molecular weight excluding hydrogens is 166 g/mol. The molecule has 0 spiro atoms. The van der Waals surface area contributed by atoms with Crippen molar-refractivity contribution in [2.45, 2.75) is 38.6 Å². The molecule has 1 fully saturated rings. The Morgan fingerprint density at radius 2 is 2.15 bits per heavy atom. The minimum atomic E-state index is -0.120. The first-order valence-electron chi connectivity index (χ1n) is 5.05. The second-order valence-corrected chi connectivity index (χ2v) is 3.81. The lowest BCUT2D eigenvalue weighted by Crippen LogP contribution is -2.33. The summed E-state index contributed by atoms with van der Waals surface area (Å²) < 4.78 is 4.65. The van der Waals surface area contributed by atoms with Crippen LogP contribution in [0.2, 0.25) is 0 Å². The van der Waals surface area contributed by atoms with Gasteiger partial charge in [-0.05, 0) is 12.8 Å². The maximum atomic E-state index is 11.1. The minimum Gasteiger partial charge on any atom is -0.469 e. The molecule has 0 radical (unpaired) electrons. The third-order valence-corrected chi connectivity index (χ3v) is 2.67. The molecule has 1 rings (SSSR count). The molecule has 1 unspecified atom stereocenters. The number of hydrogen-bond donors (Lipinski definition) is 1. The van der Waals surface area contributed by atoms with Gasteiger partial charge in [0.2, 0.25) is 0 Å². The van der Waals surface area contributed by atoms with Gasteiger partial charge in [0.25, 0.3) is 0 Å². The Kier molecular flexibility index (Phi) is 4.22. The summed E-state index contributed by atoms with van der Waals surface area (Å²) in [5.74, 6) is -0.143. The molecule has 3 nitrogen and oxygen atoms in total. The van der Waals surface area contributed by atoms with Gasteiger partial charge < -0.3 is 10.1 Å². The van der Waals surface area contributed by atoms with E-state index < -0.39 is 0 Å². The SMILES string of the molecule is COC(=O)C(C)CNC1CCCC1. The van der Waals surface area contributed by atoms with E-state index in [-0.39, 0.29) is 11.9 Å². The molecule has 13 heavy (non-hydrogen) atoms. The van der Waals surface area contributed by atoms with Crippen LogP contribution in [0.4, 0.5) is 0 Å². The summed E-state index contributed by atoms with van der Waals surface area (Å²) >= 11 is 0. The Bertz CT molecular complexity index is 164. The Morgan fingerprint density at radius 3 is 2.69 bits per heavy atom. The van der Waals surface area contributed by atoms with Gasteiger partial charge in [-0.2, -0.15) is 0 Å². The van der Waals surface area contributed by atoms with Crippen molar-refractivity contribution in [3.05, 3.63) is 0 Å².